The molecule has 130 valence electrons. The van der Waals surface area contributed by atoms with E-state index >= 15 is 0 Å². The molecular weight excluding hydrogens is 339 g/mol. The average Bonchev–Trinajstić information content (AvgIpc) is 2.86. The second-order valence-corrected chi connectivity index (χ2v) is 6.62. The van der Waals surface area contributed by atoms with Crippen LogP contribution < -0.4 is 10.1 Å². The van der Waals surface area contributed by atoms with Crippen LogP contribution in [0.15, 0.2) is 35.5 Å². The van der Waals surface area contributed by atoms with Crippen molar-refractivity contribution in [2.24, 2.45) is 4.99 Å². The van der Waals surface area contributed by atoms with Gasteiger partial charge in [0, 0.05) is 22.8 Å². The zero-order valence-electron chi connectivity index (χ0n) is 13.5. The monoisotopic (exact) mass is 357 g/mol. The maximum Gasteiger partial charge on any atom is 0.416 e. The molecule has 2 amide bonds. The molecule has 2 rings (SSSR count). The average molecular weight is 357 g/mol. The lowest BCUT2D eigenvalue weighted by atomic mass is 10.2. The zero-order chi connectivity index (χ0) is 17.9. The molecule has 0 spiro atoms. The Bertz CT molecular complexity index is 775. The molecule has 0 bridgehead atoms. The van der Waals surface area contributed by atoms with Crippen molar-refractivity contribution in [3.05, 3.63) is 45.7 Å². The van der Waals surface area contributed by atoms with E-state index in [2.05, 4.69) is 10.3 Å². The number of aromatic nitrogens is 1. The summed E-state index contributed by atoms with van der Waals surface area (Å²) in [4.78, 5) is 17.3. The molecule has 0 saturated carbocycles. The molecule has 2 aromatic rings. The van der Waals surface area contributed by atoms with Crippen LogP contribution in [0.4, 0.5) is 18.0 Å². The standard InChI is InChI=1S/C16H18F3N3OS/c1-4-10(2)20-14(23)21-15-22(9-11(3)24-15)13-7-5-12(6-8-13)16(17,18)19/h5-10H,4H2,1-3H3,(H,20,23)/b21-15-. The predicted molar refractivity (Wildman–Crippen MR) is 87.2 cm³/mol. The van der Waals surface area contributed by atoms with Gasteiger partial charge in [-0.1, -0.05) is 6.92 Å². The van der Waals surface area contributed by atoms with Crippen LogP contribution in [-0.2, 0) is 6.18 Å². The Morgan fingerprint density at radius 1 is 1.33 bits per heavy atom. The van der Waals surface area contributed by atoms with Crippen LogP contribution in [0.5, 0.6) is 0 Å². The van der Waals surface area contributed by atoms with Crippen molar-refractivity contribution in [1.29, 1.82) is 0 Å². The Morgan fingerprint density at radius 3 is 2.50 bits per heavy atom. The van der Waals surface area contributed by atoms with Crippen LogP contribution in [0.1, 0.15) is 30.7 Å². The first-order valence-corrected chi connectivity index (χ1v) is 8.24. The molecule has 1 heterocycles. The second-order valence-electron chi connectivity index (χ2n) is 5.41. The maximum absolute atomic E-state index is 12.7. The summed E-state index contributed by atoms with van der Waals surface area (Å²) in [7, 11) is 0. The Morgan fingerprint density at radius 2 is 1.96 bits per heavy atom. The summed E-state index contributed by atoms with van der Waals surface area (Å²) in [5.41, 5.74) is -0.200. The van der Waals surface area contributed by atoms with E-state index in [0.29, 0.717) is 10.5 Å². The third-order valence-corrected chi connectivity index (χ3v) is 4.32. The van der Waals surface area contributed by atoms with E-state index in [0.717, 1.165) is 23.4 Å². The molecule has 1 N–H and O–H groups in total. The van der Waals surface area contributed by atoms with E-state index in [1.807, 2.05) is 20.8 Å². The Balaban J connectivity index is 2.37. The number of nitrogens with zero attached hydrogens (tertiary/aromatic N) is 2. The highest BCUT2D eigenvalue weighted by Crippen LogP contribution is 2.29. The van der Waals surface area contributed by atoms with Gasteiger partial charge in [-0.05, 0) is 44.5 Å². The highest BCUT2D eigenvalue weighted by Gasteiger charge is 2.30. The summed E-state index contributed by atoms with van der Waals surface area (Å²) < 4.78 is 39.6. The summed E-state index contributed by atoms with van der Waals surface area (Å²) >= 11 is 1.30. The number of amides is 2. The molecule has 0 fully saturated rings. The van der Waals surface area contributed by atoms with Crippen molar-refractivity contribution in [3.63, 3.8) is 0 Å². The molecule has 1 atom stereocenters. The number of rotatable bonds is 3. The molecule has 4 nitrogen and oxygen atoms in total. The maximum atomic E-state index is 12.7. The summed E-state index contributed by atoms with van der Waals surface area (Å²) in [5, 5.41) is 2.73. The van der Waals surface area contributed by atoms with Crippen molar-refractivity contribution in [3.8, 4) is 5.69 Å². The molecule has 0 radical (unpaired) electrons. The lowest BCUT2D eigenvalue weighted by Gasteiger charge is -2.09. The third kappa shape index (κ3) is 4.47. The third-order valence-electron chi connectivity index (χ3n) is 3.42. The van der Waals surface area contributed by atoms with Crippen LogP contribution in [0.3, 0.4) is 0 Å². The minimum atomic E-state index is -4.38. The number of alkyl halides is 3. The van der Waals surface area contributed by atoms with Crippen LogP contribution in [0.2, 0.25) is 0 Å². The Kier molecular flexibility index (Phi) is 5.48. The summed E-state index contributed by atoms with van der Waals surface area (Å²) in [6, 6.07) is 4.28. The predicted octanol–water partition coefficient (Wildman–Crippen LogP) is 4.27. The van der Waals surface area contributed by atoms with E-state index in [4.69, 9.17) is 0 Å². The van der Waals surface area contributed by atoms with Gasteiger partial charge in [-0.25, -0.2) is 4.79 Å². The Hall–Kier alpha value is -2.09. The smallest absolute Gasteiger partial charge is 0.334 e. The molecule has 0 aliphatic rings. The van der Waals surface area contributed by atoms with Gasteiger partial charge in [-0.2, -0.15) is 18.2 Å². The molecule has 0 aliphatic heterocycles. The van der Waals surface area contributed by atoms with Gasteiger partial charge in [0.15, 0.2) is 4.80 Å². The zero-order valence-corrected chi connectivity index (χ0v) is 14.3. The fourth-order valence-electron chi connectivity index (χ4n) is 1.96. The number of carbonyl (C=O) groups excluding carboxylic acids is 1. The number of carbonyl (C=O) groups is 1. The SMILES string of the molecule is CCC(C)NC(=O)/N=c1\sc(C)cn1-c1ccc(C(F)(F)F)cc1. The minimum absolute atomic E-state index is 0.00169. The van der Waals surface area contributed by atoms with Gasteiger partial charge >= 0.3 is 12.2 Å². The number of hydrogen-bond donors (Lipinski definition) is 1. The molecule has 1 aromatic heterocycles. The number of nitrogens with one attached hydrogen (secondary N) is 1. The van der Waals surface area contributed by atoms with Crippen molar-refractivity contribution < 1.29 is 18.0 Å². The van der Waals surface area contributed by atoms with Crippen molar-refractivity contribution in [2.75, 3.05) is 0 Å². The fraction of sp³-hybridized carbons (Fsp3) is 0.375. The summed E-state index contributed by atoms with van der Waals surface area (Å²) in [6.45, 7) is 5.66. The quantitative estimate of drug-likeness (QED) is 0.876. The van der Waals surface area contributed by atoms with Crippen molar-refractivity contribution in [1.82, 2.24) is 9.88 Å². The van der Waals surface area contributed by atoms with E-state index in [1.165, 1.54) is 23.5 Å². The summed E-state index contributed by atoms with van der Waals surface area (Å²) in [6.07, 6.45) is -1.86. The van der Waals surface area contributed by atoms with Crippen LogP contribution in [0.25, 0.3) is 5.69 Å². The molecule has 8 heteroatoms. The van der Waals surface area contributed by atoms with Gasteiger partial charge in [0.25, 0.3) is 0 Å². The number of aryl methyl sites for hydroxylation is 1. The lowest BCUT2D eigenvalue weighted by molar-refractivity contribution is -0.137. The van der Waals surface area contributed by atoms with E-state index in [1.54, 1.807) is 10.8 Å². The van der Waals surface area contributed by atoms with Gasteiger partial charge in [0.1, 0.15) is 0 Å². The number of benzene rings is 1. The number of thiazole rings is 1. The van der Waals surface area contributed by atoms with E-state index in [9.17, 15) is 18.0 Å². The van der Waals surface area contributed by atoms with Crippen LogP contribution >= 0.6 is 11.3 Å². The lowest BCUT2D eigenvalue weighted by Crippen LogP contribution is -2.31. The minimum Gasteiger partial charge on any atom is -0.334 e. The van der Waals surface area contributed by atoms with Gasteiger partial charge < -0.3 is 5.32 Å². The number of urea groups is 1. The second kappa shape index (κ2) is 7.21. The highest BCUT2D eigenvalue weighted by molar-refractivity contribution is 7.09. The van der Waals surface area contributed by atoms with Crippen molar-refractivity contribution in [2.45, 2.75) is 39.4 Å². The first-order chi connectivity index (χ1) is 11.2. The summed E-state index contributed by atoms with van der Waals surface area (Å²) in [5.74, 6) is 0. The number of hydrogen-bond acceptors (Lipinski definition) is 2. The van der Waals surface area contributed by atoms with Gasteiger partial charge in [-0.3, -0.25) is 4.57 Å². The van der Waals surface area contributed by atoms with Crippen molar-refractivity contribution >= 4 is 17.4 Å². The van der Waals surface area contributed by atoms with Crippen LogP contribution in [-0.4, -0.2) is 16.6 Å². The first kappa shape index (κ1) is 18.3. The molecule has 1 aromatic carbocycles. The molecule has 0 aliphatic carbocycles. The van der Waals surface area contributed by atoms with E-state index in [-0.39, 0.29) is 6.04 Å². The van der Waals surface area contributed by atoms with Gasteiger partial charge in [0.2, 0.25) is 0 Å². The number of halogens is 3. The molecule has 1 unspecified atom stereocenters. The Labute approximate surface area is 141 Å². The highest BCUT2D eigenvalue weighted by atomic mass is 32.1. The van der Waals surface area contributed by atoms with Crippen LogP contribution in [0, 0.1) is 6.92 Å². The molecule has 0 saturated heterocycles. The van der Waals surface area contributed by atoms with Gasteiger partial charge in [0.05, 0.1) is 5.56 Å². The first-order valence-electron chi connectivity index (χ1n) is 7.42. The largest absolute Gasteiger partial charge is 0.416 e. The molecule has 24 heavy (non-hydrogen) atoms. The molecular formula is C16H18F3N3OS. The fourth-order valence-corrected chi connectivity index (χ4v) is 2.79. The van der Waals surface area contributed by atoms with Gasteiger partial charge in [-0.15, -0.1) is 11.3 Å². The van der Waals surface area contributed by atoms with E-state index < -0.39 is 17.8 Å². The topological polar surface area (TPSA) is 46.4 Å². The normalized spacial score (nSPS) is 13.8.